The Morgan fingerprint density at radius 1 is 0.900 bits per heavy atom. The van der Waals surface area contributed by atoms with Crippen molar-refractivity contribution in [3.63, 3.8) is 0 Å². The molecule has 0 radical (unpaired) electrons. The molecule has 0 saturated carbocycles. The van der Waals surface area contributed by atoms with Gasteiger partial charge in [-0.1, -0.05) is 54.6 Å². The maximum absolute atomic E-state index is 12.8. The van der Waals surface area contributed by atoms with Crippen molar-refractivity contribution in [2.75, 3.05) is 18.4 Å². The summed E-state index contributed by atoms with van der Waals surface area (Å²) in [5.74, 6) is -0.215. The van der Waals surface area contributed by atoms with E-state index < -0.39 is 0 Å². The molecule has 30 heavy (non-hydrogen) atoms. The topological polar surface area (TPSA) is 61.4 Å². The van der Waals surface area contributed by atoms with Gasteiger partial charge < -0.3 is 15.5 Å². The van der Waals surface area contributed by atoms with E-state index in [1.54, 1.807) is 12.1 Å². The van der Waals surface area contributed by atoms with Gasteiger partial charge in [0.2, 0.25) is 5.91 Å². The molecule has 1 aliphatic rings. The molecule has 1 saturated heterocycles. The van der Waals surface area contributed by atoms with Gasteiger partial charge in [-0.05, 0) is 53.5 Å². The van der Waals surface area contributed by atoms with Gasteiger partial charge >= 0.3 is 0 Å². The van der Waals surface area contributed by atoms with Crippen LogP contribution in [0.5, 0.6) is 0 Å². The quantitative estimate of drug-likeness (QED) is 0.627. The lowest BCUT2D eigenvalue weighted by Gasteiger charge is -2.18. The Morgan fingerprint density at radius 2 is 1.60 bits per heavy atom. The average molecular weight is 418 g/mol. The number of fused-ring (bicyclic) bond motifs is 1. The Labute approximate surface area is 181 Å². The monoisotopic (exact) mass is 417 g/mol. The smallest absolute Gasteiger partial charge is 0.255 e. The minimum Gasteiger partial charge on any atom is -0.339 e. The molecule has 0 aliphatic carbocycles. The number of amides is 2. The first-order valence-electron chi connectivity index (χ1n) is 10.1. The molecule has 0 bridgehead atoms. The molecule has 5 nitrogen and oxygen atoms in total. The molecular formula is C24H23N3O2S. The van der Waals surface area contributed by atoms with Crippen LogP contribution in [0, 0.1) is 0 Å². The summed E-state index contributed by atoms with van der Waals surface area (Å²) in [6.45, 7) is 1.55. The Balaban J connectivity index is 1.42. The van der Waals surface area contributed by atoms with Gasteiger partial charge in [0.05, 0.1) is 17.7 Å². The minimum absolute atomic E-state index is 0.0134. The van der Waals surface area contributed by atoms with E-state index in [9.17, 15) is 9.59 Å². The number of nitrogens with zero attached hydrogens (tertiary/aromatic N) is 1. The van der Waals surface area contributed by atoms with E-state index in [-0.39, 0.29) is 23.3 Å². The molecule has 4 rings (SSSR count). The predicted octanol–water partition coefficient (Wildman–Crippen LogP) is 4.13. The molecule has 2 amide bonds. The third kappa shape index (κ3) is 4.49. The van der Waals surface area contributed by atoms with Crippen LogP contribution in [0.3, 0.4) is 0 Å². The number of nitrogens with one attached hydrogen (secondary N) is 2. The Hall–Kier alpha value is -3.25. The summed E-state index contributed by atoms with van der Waals surface area (Å²) >= 11 is 5.34. The Morgan fingerprint density at radius 3 is 2.43 bits per heavy atom. The summed E-state index contributed by atoms with van der Waals surface area (Å²) in [6, 6.07) is 21.1. The summed E-state index contributed by atoms with van der Waals surface area (Å²) in [7, 11) is 0. The zero-order valence-corrected chi connectivity index (χ0v) is 17.4. The molecule has 3 aromatic rings. The fourth-order valence-electron chi connectivity index (χ4n) is 3.81. The maximum atomic E-state index is 12.8. The predicted molar refractivity (Wildman–Crippen MR) is 124 cm³/mol. The first-order chi connectivity index (χ1) is 14.6. The highest BCUT2D eigenvalue weighted by atomic mass is 32.1. The summed E-state index contributed by atoms with van der Waals surface area (Å²) in [5.41, 5.74) is 2.10. The number of thiocarbonyl (C=S) groups is 1. The second-order valence-corrected chi connectivity index (χ2v) is 7.77. The summed E-state index contributed by atoms with van der Waals surface area (Å²) in [4.78, 5) is 27.2. The molecule has 0 unspecified atom stereocenters. The van der Waals surface area contributed by atoms with Crippen molar-refractivity contribution in [1.29, 1.82) is 0 Å². The zero-order valence-electron chi connectivity index (χ0n) is 16.6. The van der Waals surface area contributed by atoms with Crippen molar-refractivity contribution in [3.05, 3.63) is 77.9 Å². The third-order valence-corrected chi connectivity index (χ3v) is 5.49. The third-order valence-electron chi connectivity index (χ3n) is 5.28. The number of carbonyl (C=O) groups excluding carboxylic acids is 2. The molecule has 0 atom stereocenters. The number of likely N-dealkylation sites (tertiary alicyclic amines) is 1. The fourth-order valence-corrected chi connectivity index (χ4v) is 4.04. The van der Waals surface area contributed by atoms with Crippen LogP contribution in [0.15, 0.2) is 66.7 Å². The molecule has 1 aliphatic heterocycles. The largest absolute Gasteiger partial charge is 0.339 e. The first kappa shape index (κ1) is 20.0. The van der Waals surface area contributed by atoms with Crippen LogP contribution in [0.4, 0.5) is 5.69 Å². The lowest BCUT2D eigenvalue weighted by atomic mass is 10.0. The molecule has 0 aromatic heterocycles. The molecular weight excluding hydrogens is 394 g/mol. The van der Waals surface area contributed by atoms with E-state index >= 15 is 0 Å². The van der Waals surface area contributed by atoms with Crippen molar-refractivity contribution in [2.45, 2.75) is 19.3 Å². The van der Waals surface area contributed by atoms with Crippen molar-refractivity contribution in [3.8, 4) is 0 Å². The van der Waals surface area contributed by atoms with Crippen LogP contribution in [-0.2, 0) is 11.2 Å². The van der Waals surface area contributed by atoms with Gasteiger partial charge in [0.1, 0.15) is 0 Å². The highest BCUT2D eigenvalue weighted by molar-refractivity contribution is 7.80. The lowest BCUT2D eigenvalue weighted by Crippen LogP contribution is -2.36. The second kappa shape index (κ2) is 9.05. The van der Waals surface area contributed by atoms with Gasteiger partial charge in [0.15, 0.2) is 5.11 Å². The SMILES string of the molecule is O=C(Cc1cccc2ccccc12)NC(=S)Nc1ccccc1C(=O)N1CCCC1. The molecule has 2 N–H and O–H groups in total. The van der Waals surface area contributed by atoms with Gasteiger partial charge in [0, 0.05) is 13.1 Å². The maximum Gasteiger partial charge on any atom is 0.255 e. The number of hydrogen-bond donors (Lipinski definition) is 2. The summed E-state index contributed by atoms with van der Waals surface area (Å²) < 4.78 is 0. The number of anilines is 1. The molecule has 3 aromatic carbocycles. The van der Waals surface area contributed by atoms with Crippen LogP contribution >= 0.6 is 12.2 Å². The van der Waals surface area contributed by atoms with E-state index in [0.29, 0.717) is 11.3 Å². The molecule has 1 heterocycles. The van der Waals surface area contributed by atoms with Crippen LogP contribution < -0.4 is 10.6 Å². The molecule has 152 valence electrons. The Bertz CT molecular complexity index is 1100. The second-order valence-electron chi connectivity index (χ2n) is 7.36. The van der Waals surface area contributed by atoms with Gasteiger partial charge in [-0.3, -0.25) is 9.59 Å². The molecule has 6 heteroatoms. The van der Waals surface area contributed by atoms with E-state index in [1.807, 2.05) is 59.5 Å². The van der Waals surface area contributed by atoms with Crippen LogP contribution in [0.25, 0.3) is 10.8 Å². The van der Waals surface area contributed by atoms with E-state index in [2.05, 4.69) is 10.6 Å². The lowest BCUT2D eigenvalue weighted by molar-refractivity contribution is -0.119. The average Bonchev–Trinajstić information content (AvgIpc) is 3.29. The van der Waals surface area contributed by atoms with Crippen LogP contribution in [0.2, 0.25) is 0 Å². The zero-order chi connectivity index (χ0) is 20.9. The highest BCUT2D eigenvalue weighted by Gasteiger charge is 2.22. The van der Waals surface area contributed by atoms with E-state index in [4.69, 9.17) is 12.2 Å². The number of hydrogen-bond acceptors (Lipinski definition) is 3. The van der Waals surface area contributed by atoms with Gasteiger partial charge in [-0.15, -0.1) is 0 Å². The first-order valence-corrected chi connectivity index (χ1v) is 10.5. The standard InChI is InChI=1S/C24H23N3O2S/c28-22(16-18-10-7-9-17-8-1-2-11-19(17)18)26-24(30)25-21-13-4-3-12-20(21)23(29)27-14-5-6-15-27/h1-4,7-13H,5-6,14-16H2,(H2,25,26,28,30). The number of carbonyl (C=O) groups is 2. The van der Waals surface area contributed by atoms with Gasteiger partial charge in [-0.2, -0.15) is 0 Å². The summed E-state index contributed by atoms with van der Waals surface area (Å²) in [5, 5.41) is 8.08. The number of rotatable bonds is 4. The van der Waals surface area contributed by atoms with E-state index in [0.717, 1.165) is 42.3 Å². The van der Waals surface area contributed by atoms with Crippen LogP contribution in [0.1, 0.15) is 28.8 Å². The van der Waals surface area contributed by atoms with Crippen molar-refractivity contribution < 1.29 is 9.59 Å². The fraction of sp³-hybridized carbons (Fsp3) is 0.208. The van der Waals surface area contributed by atoms with Crippen molar-refractivity contribution in [2.24, 2.45) is 0 Å². The van der Waals surface area contributed by atoms with Gasteiger partial charge in [-0.25, -0.2) is 0 Å². The highest BCUT2D eigenvalue weighted by Crippen LogP contribution is 2.21. The van der Waals surface area contributed by atoms with Gasteiger partial charge in [0.25, 0.3) is 5.91 Å². The van der Waals surface area contributed by atoms with Crippen molar-refractivity contribution in [1.82, 2.24) is 10.2 Å². The van der Waals surface area contributed by atoms with Crippen molar-refractivity contribution >= 4 is 45.6 Å². The van der Waals surface area contributed by atoms with E-state index in [1.165, 1.54) is 0 Å². The minimum atomic E-state index is -0.202. The number of para-hydroxylation sites is 1. The normalized spacial score (nSPS) is 13.3. The Kier molecular flexibility index (Phi) is 6.05. The summed E-state index contributed by atoms with van der Waals surface area (Å²) in [6.07, 6.45) is 2.28. The molecule has 0 spiro atoms. The van der Waals surface area contributed by atoms with Crippen LogP contribution in [-0.4, -0.2) is 34.9 Å². The number of benzene rings is 3. The molecule has 1 fully saturated rings.